The van der Waals surface area contributed by atoms with E-state index in [1.54, 1.807) is 0 Å². The first-order valence-corrected chi connectivity index (χ1v) is 5.68. The molecule has 1 aromatic rings. The third-order valence-electron chi connectivity index (χ3n) is 3.90. The SMILES string of the molecule is c1ccc(N2CCC3(CC2)CC3)cc1. The summed E-state index contributed by atoms with van der Waals surface area (Å²) >= 11 is 0. The van der Waals surface area contributed by atoms with Crippen molar-refractivity contribution in [2.45, 2.75) is 25.7 Å². The van der Waals surface area contributed by atoms with Crippen LogP contribution in [0.5, 0.6) is 0 Å². The Morgan fingerprint density at radius 2 is 1.50 bits per heavy atom. The van der Waals surface area contributed by atoms with Crippen molar-refractivity contribution in [1.29, 1.82) is 0 Å². The molecule has 14 heavy (non-hydrogen) atoms. The molecule has 1 aromatic carbocycles. The van der Waals surface area contributed by atoms with E-state index in [1.807, 2.05) is 0 Å². The Bertz CT molecular complexity index is 303. The molecular weight excluding hydrogens is 170 g/mol. The molecule has 1 spiro atoms. The van der Waals surface area contributed by atoms with Crippen molar-refractivity contribution in [3.05, 3.63) is 30.3 Å². The first-order chi connectivity index (χ1) is 6.88. The van der Waals surface area contributed by atoms with E-state index in [1.165, 1.54) is 44.5 Å². The monoisotopic (exact) mass is 187 g/mol. The van der Waals surface area contributed by atoms with Crippen LogP contribution in [0.1, 0.15) is 25.7 Å². The summed E-state index contributed by atoms with van der Waals surface area (Å²) in [6, 6.07) is 10.8. The van der Waals surface area contributed by atoms with Crippen molar-refractivity contribution < 1.29 is 0 Å². The highest BCUT2D eigenvalue weighted by Gasteiger charge is 2.44. The Balaban J connectivity index is 1.70. The van der Waals surface area contributed by atoms with Gasteiger partial charge in [-0.15, -0.1) is 0 Å². The number of benzene rings is 1. The van der Waals surface area contributed by atoms with Gasteiger partial charge in [0.25, 0.3) is 0 Å². The molecule has 1 nitrogen and oxygen atoms in total. The Kier molecular flexibility index (Phi) is 1.79. The predicted octanol–water partition coefficient (Wildman–Crippen LogP) is 3.07. The lowest BCUT2D eigenvalue weighted by atomic mass is 9.93. The van der Waals surface area contributed by atoms with E-state index in [9.17, 15) is 0 Å². The number of para-hydroxylation sites is 1. The standard InChI is InChI=1S/C13H17N/c1-2-4-12(5-3-1)14-10-8-13(6-7-13)9-11-14/h1-5H,6-11H2. The van der Waals surface area contributed by atoms with Crippen molar-refractivity contribution in [2.24, 2.45) is 5.41 Å². The largest absolute Gasteiger partial charge is 0.371 e. The average molecular weight is 187 g/mol. The summed E-state index contributed by atoms with van der Waals surface area (Å²) in [5, 5.41) is 0. The fourth-order valence-electron chi connectivity index (χ4n) is 2.55. The normalized spacial score (nSPS) is 23.9. The second-order valence-corrected chi connectivity index (χ2v) is 4.82. The number of piperidine rings is 1. The van der Waals surface area contributed by atoms with Gasteiger partial charge in [0, 0.05) is 18.8 Å². The Morgan fingerprint density at radius 1 is 0.857 bits per heavy atom. The summed E-state index contributed by atoms with van der Waals surface area (Å²) in [6.45, 7) is 2.54. The molecule has 0 radical (unpaired) electrons. The molecule has 2 fully saturated rings. The van der Waals surface area contributed by atoms with Crippen molar-refractivity contribution in [1.82, 2.24) is 0 Å². The first-order valence-electron chi connectivity index (χ1n) is 5.68. The molecule has 1 saturated carbocycles. The Labute approximate surface area is 85.7 Å². The zero-order chi connectivity index (χ0) is 9.43. The van der Waals surface area contributed by atoms with Gasteiger partial charge in [0.05, 0.1) is 0 Å². The van der Waals surface area contributed by atoms with Gasteiger partial charge in [-0.1, -0.05) is 18.2 Å². The van der Waals surface area contributed by atoms with Gasteiger partial charge in [0.2, 0.25) is 0 Å². The summed E-state index contributed by atoms with van der Waals surface area (Å²) < 4.78 is 0. The molecule has 1 aliphatic carbocycles. The van der Waals surface area contributed by atoms with Crippen LogP contribution in [0.15, 0.2) is 30.3 Å². The van der Waals surface area contributed by atoms with E-state index in [4.69, 9.17) is 0 Å². The van der Waals surface area contributed by atoms with E-state index in [0.717, 1.165) is 5.41 Å². The lowest BCUT2D eigenvalue weighted by molar-refractivity contribution is 0.384. The molecule has 0 unspecified atom stereocenters. The van der Waals surface area contributed by atoms with Gasteiger partial charge in [0.1, 0.15) is 0 Å². The summed E-state index contributed by atoms with van der Waals surface area (Å²) in [6.07, 6.45) is 5.83. The minimum absolute atomic E-state index is 0.797. The first kappa shape index (κ1) is 8.34. The highest BCUT2D eigenvalue weighted by Crippen LogP contribution is 2.53. The molecule has 1 heteroatoms. The summed E-state index contributed by atoms with van der Waals surface area (Å²) in [7, 11) is 0. The smallest absolute Gasteiger partial charge is 0.0366 e. The molecule has 0 N–H and O–H groups in total. The van der Waals surface area contributed by atoms with Crippen molar-refractivity contribution in [2.75, 3.05) is 18.0 Å². The van der Waals surface area contributed by atoms with Crippen LogP contribution >= 0.6 is 0 Å². The second-order valence-electron chi connectivity index (χ2n) is 4.82. The third kappa shape index (κ3) is 1.41. The maximum Gasteiger partial charge on any atom is 0.0366 e. The van der Waals surface area contributed by atoms with Crippen LogP contribution < -0.4 is 4.90 Å². The maximum absolute atomic E-state index is 2.53. The van der Waals surface area contributed by atoms with Gasteiger partial charge >= 0.3 is 0 Å². The van der Waals surface area contributed by atoms with E-state index >= 15 is 0 Å². The minimum atomic E-state index is 0.797. The maximum atomic E-state index is 2.53. The summed E-state index contributed by atoms with van der Waals surface area (Å²) in [5.74, 6) is 0. The molecule has 0 amide bonds. The zero-order valence-corrected chi connectivity index (χ0v) is 8.58. The molecule has 0 aromatic heterocycles. The van der Waals surface area contributed by atoms with E-state index in [2.05, 4.69) is 35.2 Å². The lowest BCUT2D eigenvalue weighted by Gasteiger charge is -2.33. The molecule has 1 aliphatic heterocycles. The van der Waals surface area contributed by atoms with Crippen LogP contribution in [0, 0.1) is 5.41 Å². The number of hydrogen-bond donors (Lipinski definition) is 0. The molecule has 2 aliphatic rings. The highest BCUT2D eigenvalue weighted by atomic mass is 15.1. The third-order valence-corrected chi connectivity index (χ3v) is 3.90. The molecule has 1 heterocycles. The molecule has 3 rings (SSSR count). The van der Waals surface area contributed by atoms with Gasteiger partial charge < -0.3 is 4.90 Å². The average Bonchev–Trinajstić information content (AvgIpc) is 3.01. The van der Waals surface area contributed by atoms with Crippen LogP contribution in [-0.2, 0) is 0 Å². The van der Waals surface area contributed by atoms with E-state index in [-0.39, 0.29) is 0 Å². The number of anilines is 1. The van der Waals surface area contributed by atoms with Crippen LogP contribution in [0.25, 0.3) is 0 Å². The number of hydrogen-bond acceptors (Lipinski definition) is 1. The minimum Gasteiger partial charge on any atom is -0.371 e. The Morgan fingerprint density at radius 3 is 2.07 bits per heavy atom. The van der Waals surface area contributed by atoms with Gasteiger partial charge in [-0.25, -0.2) is 0 Å². The van der Waals surface area contributed by atoms with Gasteiger partial charge in [0.15, 0.2) is 0 Å². The predicted molar refractivity (Wildman–Crippen MR) is 59.6 cm³/mol. The molecule has 0 bridgehead atoms. The summed E-state index contributed by atoms with van der Waals surface area (Å²) in [5.41, 5.74) is 2.20. The molecular formula is C13H17N. The topological polar surface area (TPSA) is 3.24 Å². The van der Waals surface area contributed by atoms with E-state index < -0.39 is 0 Å². The Hall–Kier alpha value is -0.980. The van der Waals surface area contributed by atoms with Crippen LogP contribution in [0.4, 0.5) is 5.69 Å². The van der Waals surface area contributed by atoms with Crippen LogP contribution in [0.2, 0.25) is 0 Å². The zero-order valence-electron chi connectivity index (χ0n) is 8.58. The van der Waals surface area contributed by atoms with E-state index in [0.29, 0.717) is 0 Å². The number of nitrogens with zero attached hydrogens (tertiary/aromatic N) is 1. The number of rotatable bonds is 1. The fourth-order valence-corrected chi connectivity index (χ4v) is 2.55. The molecule has 1 saturated heterocycles. The summed E-state index contributed by atoms with van der Waals surface area (Å²) in [4.78, 5) is 2.53. The van der Waals surface area contributed by atoms with Crippen molar-refractivity contribution in [3.8, 4) is 0 Å². The van der Waals surface area contributed by atoms with Gasteiger partial charge in [-0.05, 0) is 43.2 Å². The quantitative estimate of drug-likeness (QED) is 0.653. The van der Waals surface area contributed by atoms with Crippen LogP contribution in [0.3, 0.4) is 0 Å². The molecule has 0 atom stereocenters. The lowest BCUT2D eigenvalue weighted by Crippen LogP contribution is -2.34. The van der Waals surface area contributed by atoms with Crippen LogP contribution in [-0.4, -0.2) is 13.1 Å². The van der Waals surface area contributed by atoms with Crippen molar-refractivity contribution in [3.63, 3.8) is 0 Å². The molecule has 74 valence electrons. The fraction of sp³-hybridized carbons (Fsp3) is 0.538. The highest BCUT2D eigenvalue weighted by molar-refractivity contribution is 5.46. The van der Waals surface area contributed by atoms with Gasteiger partial charge in [-0.2, -0.15) is 0 Å². The second kappa shape index (κ2) is 3.01. The van der Waals surface area contributed by atoms with Crippen molar-refractivity contribution >= 4 is 5.69 Å². The van der Waals surface area contributed by atoms with Gasteiger partial charge in [-0.3, -0.25) is 0 Å².